The van der Waals surface area contributed by atoms with Crippen molar-refractivity contribution in [2.45, 2.75) is 40.0 Å². The highest BCUT2D eigenvalue weighted by Crippen LogP contribution is 2.22. The largest absolute Gasteiger partial charge is 0.481 e. The Labute approximate surface area is 86.7 Å². The summed E-state index contributed by atoms with van der Waals surface area (Å²) in [5.41, 5.74) is 5.43. The highest BCUT2D eigenvalue weighted by Gasteiger charge is 2.20. The van der Waals surface area contributed by atoms with Gasteiger partial charge in [-0.3, -0.25) is 4.79 Å². The summed E-state index contributed by atoms with van der Waals surface area (Å²) in [4.78, 5) is 10.8. The summed E-state index contributed by atoms with van der Waals surface area (Å²) in [7, 11) is 0. The standard InChI is InChI=1S/C11H23NO2/c1-4-9(5-8(2)3)6-10(7-12)11(13)14/h8-10H,4-7,12H2,1-3H3,(H,13,14)/t9-,10-/m1/s1. The molecule has 3 N–H and O–H groups in total. The summed E-state index contributed by atoms with van der Waals surface area (Å²) in [6, 6.07) is 0. The van der Waals surface area contributed by atoms with Crippen molar-refractivity contribution < 1.29 is 9.90 Å². The van der Waals surface area contributed by atoms with Crippen LogP contribution in [0.2, 0.25) is 0 Å². The zero-order valence-electron chi connectivity index (χ0n) is 9.49. The lowest BCUT2D eigenvalue weighted by Crippen LogP contribution is -2.26. The molecule has 0 saturated heterocycles. The molecule has 3 nitrogen and oxygen atoms in total. The van der Waals surface area contributed by atoms with Gasteiger partial charge >= 0.3 is 5.97 Å². The number of carbonyl (C=O) groups is 1. The van der Waals surface area contributed by atoms with E-state index in [1.54, 1.807) is 0 Å². The molecule has 0 radical (unpaired) electrons. The van der Waals surface area contributed by atoms with Crippen LogP contribution in [0, 0.1) is 17.8 Å². The van der Waals surface area contributed by atoms with Crippen molar-refractivity contribution in [2.24, 2.45) is 23.5 Å². The normalized spacial score (nSPS) is 15.5. The first kappa shape index (κ1) is 13.4. The molecule has 0 aliphatic heterocycles. The van der Waals surface area contributed by atoms with Crippen molar-refractivity contribution in [1.82, 2.24) is 0 Å². The molecule has 2 atom stereocenters. The third kappa shape index (κ3) is 5.22. The lowest BCUT2D eigenvalue weighted by Gasteiger charge is -2.20. The van der Waals surface area contributed by atoms with Crippen molar-refractivity contribution in [2.75, 3.05) is 6.54 Å². The Balaban J connectivity index is 4.07. The van der Waals surface area contributed by atoms with Crippen LogP contribution in [0.15, 0.2) is 0 Å². The molecule has 0 aliphatic rings. The molecule has 84 valence electrons. The average molecular weight is 201 g/mol. The first-order chi connectivity index (χ1) is 6.51. The van der Waals surface area contributed by atoms with Gasteiger partial charge in [0.2, 0.25) is 0 Å². The maximum Gasteiger partial charge on any atom is 0.307 e. The highest BCUT2D eigenvalue weighted by molar-refractivity contribution is 5.70. The fourth-order valence-corrected chi connectivity index (χ4v) is 1.80. The Bertz CT molecular complexity index is 169. The number of carboxylic acid groups (broad SMARTS) is 1. The Morgan fingerprint density at radius 2 is 1.93 bits per heavy atom. The van der Waals surface area contributed by atoms with Gasteiger partial charge in [-0.2, -0.15) is 0 Å². The van der Waals surface area contributed by atoms with Crippen LogP contribution in [0.5, 0.6) is 0 Å². The number of nitrogens with two attached hydrogens (primary N) is 1. The van der Waals surface area contributed by atoms with Crippen molar-refractivity contribution in [3.05, 3.63) is 0 Å². The predicted octanol–water partition coefficient (Wildman–Crippen LogP) is 2.11. The zero-order valence-corrected chi connectivity index (χ0v) is 9.49. The van der Waals surface area contributed by atoms with E-state index in [4.69, 9.17) is 10.8 Å². The minimum atomic E-state index is -0.755. The third-order valence-corrected chi connectivity index (χ3v) is 2.63. The molecule has 3 heteroatoms. The van der Waals surface area contributed by atoms with E-state index < -0.39 is 5.97 Å². The van der Waals surface area contributed by atoms with Gasteiger partial charge in [0.25, 0.3) is 0 Å². The number of rotatable bonds is 7. The monoisotopic (exact) mass is 201 g/mol. The molecule has 0 spiro atoms. The van der Waals surface area contributed by atoms with Crippen LogP contribution in [-0.4, -0.2) is 17.6 Å². The van der Waals surface area contributed by atoms with Crippen LogP contribution >= 0.6 is 0 Å². The Hall–Kier alpha value is -0.570. The van der Waals surface area contributed by atoms with E-state index in [9.17, 15) is 4.79 Å². The quantitative estimate of drug-likeness (QED) is 0.663. The molecule has 0 rings (SSSR count). The minimum Gasteiger partial charge on any atom is -0.481 e. The second-order valence-electron chi connectivity index (χ2n) is 4.41. The molecule has 0 aromatic heterocycles. The molecule has 0 aromatic rings. The van der Waals surface area contributed by atoms with Crippen molar-refractivity contribution in [3.63, 3.8) is 0 Å². The van der Waals surface area contributed by atoms with E-state index in [1.165, 1.54) is 0 Å². The summed E-state index contributed by atoms with van der Waals surface area (Å²) >= 11 is 0. The first-order valence-electron chi connectivity index (χ1n) is 5.44. The Kier molecular flexibility index (Phi) is 6.54. The second kappa shape index (κ2) is 6.82. The van der Waals surface area contributed by atoms with Crippen LogP contribution in [0.3, 0.4) is 0 Å². The number of aliphatic carboxylic acids is 1. The average Bonchev–Trinajstić information content (AvgIpc) is 2.10. The summed E-state index contributed by atoms with van der Waals surface area (Å²) in [6.45, 7) is 6.70. The fraction of sp³-hybridized carbons (Fsp3) is 0.909. The van der Waals surface area contributed by atoms with E-state index >= 15 is 0 Å². The summed E-state index contributed by atoms with van der Waals surface area (Å²) < 4.78 is 0. The lowest BCUT2D eigenvalue weighted by atomic mass is 9.86. The summed E-state index contributed by atoms with van der Waals surface area (Å²) in [5.74, 6) is 0.0141. The molecular weight excluding hydrogens is 178 g/mol. The second-order valence-corrected chi connectivity index (χ2v) is 4.41. The smallest absolute Gasteiger partial charge is 0.307 e. The maximum absolute atomic E-state index is 10.8. The molecule has 0 heterocycles. The fourth-order valence-electron chi connectivity index (χ4n) is 1.80. The molecule has 0 saturated carbocycles. The van der Waals surface area contributed by atoms with Crippen molar-refractivity contribution in [3.8, 4) is 0 Å². The number of hydrogen-bond acceptors (Lipinski definition) is 2. The topological polar surface area (TPSA) is 63.3 Å². The van der Waals surface area contributed by atoms with Gasteiger partial charge < -0.3 is 10.8 Å². The van der Waals surface area contributed by atoms with Gasteiger partial charge in [-0.05, 0) is 24.7 Å². The molecule has 0 aromatic carbocycles. The van der Waals surface area contributed by atoms with Crippen LogP contribution < -0.4 is 5.73 Å². The zero-order chi connectivity index (χ0) is 11.1. The van der Waals surface area contributed by atoms with E-state index in [2.05, 4.69) is 20.8 Å². The third-order valence-electron chi connectivity index (χ3n) is 2.63. The van der Waals surface area contributed by atoms with Crippen LogP contribution in [0.4, 0.5) is 0 Å². The molecule has 14 heavy (non-hydrogen) atoms. The molecule has 0 unspecified atom stereocenters. The van der Waals surface area contributed by atoms with E-state index in [1.807, 2.05) is 0 Å². The molecular formula is C11H23NO2. The Morgan fingerprint density at radius 3 is 2.21 bits per heavy atom. The molecule has 0 amide bonds. The van der Waals surface area contributed by atoms with Crippen LogP contribution in [0.25, 0.3) is 0 Å². The molecule has 0 fully saturated rings. The molecule has 0 bridgehead atoms. The van der Waals surface area contributed by atoms with Crippen LogP contribution in [-0.2, 0) is 4.79 Å². The maximum atomic E-state index is 10.8. The minimum absolute atomic E-state index is 0.254. The Morgan fingerprint density at radius 1 is 1.36 bits per heavy atom. The van der Waals surface area contributed by atoms with Crippen LogP contribution in [0.1, 0.15) is 40.0 Å². The first-order valence-corrected chi connectivity index (χ1v) is 5.44. The summed E-state index contributed by atoms with van der Waals surface area (Å²) in [6.07, 6.45) is 2.86. The van der Waals surface area contributed by atoms with E-state index in [0.29, 0.717) is 11.8 Å². The van der Waals surface area contributed by atoms with E-state index in [-0.39, 0.29) is 12.5 Å². The van der Waals surface area contributed by atoms with Gasteiger partial charge in [0, 0.05) is 6.54 Å². The van der Waals surface area contributed by atoms with Gasteiger partial charge in [-0.1, -0.05) is 27.2 Å². The van der Waals surface area contributed by atoms with Gasteiger partial charge in [0.1, 0.15) is 0 Å². The van der Waals surface area contributed by atoms with Gasteiger partial charge in [-0.15, -0.1) is 0 Å². The van der Waals surface area contributed by atoms with E-state index in [0.717, 1.165) is 19.3 Å². The van der Waals surface area contributed by atoms with Gasteiger partial charge in [0.15, 0.2) is 0 Å². The summed E-state index contributed by atoms with van der Waals surface area (Å²) in [5, 5.41) is 8.87. The number of hydrogen-bond donors (Lipinski definition) is 2. The lowest BCUT2D eigenvalue weighted by molar-refractivity contribution is -0.142. The van der Waals surface area contributed by atoms with Crippen molar-refractivity contribution in [1.29, 1.82) is 0 Å². The molecule has 0 aliphatic carbocycles. The SMILES string of the molecule is CC[C@H](CC(C)C)C[C@H](CN)C(=O)O. The number of carboxylic acids is 1. The predicted molar refractivity (Wildman–Crippen MR) is 58.0 cm³/mol. The van der Waals surface area contributed by atoms with Gasteiger partial charge in [-0.25, -0.2) is 0 Å². The highest BCUT2D eigenvalue weighted by atomic mass is 16.4. The van der Waals surface area contributed by atoms with Crippen molar-refractivity contribution >= 4 is 5.97 Å². The van der Waals surface area contributed by atoms with Gasteiger partial charge in [0.05, 0.1) is 5.92 Å².